The summed E-state index contributed by atoms with van der Waals surface area (Å²) in [5.74, 6) is 0. The van der Waals surface area contributed by atoms with Crippen molar-refractivity contribution in [3.63, 3.8) is 0 Å². The average molecular weight is 260 g/mol. The van der Waals surface area contributed by atoms with Gasteiger partial charge in [-0.15, -0.1) is 0 Å². The molecule has 0 atom stereocenters. The third-order valence-electron chi connectivity index (χ3n) is 2.00. The SMILES string of the molecule is Brc1cccc(/C=C/c2cccnc2)c1. The van der Waals surface area contributed by atoms with Crippen molar-refractivity contribution in [3.05, 3.63) is 64.4 Å². The zero-order valence-corrected chi connectivity index (χ0v) is 9.68. The zero-order valence-electron chi connectivity index (χ0n) is 8.10. The van der Waals surface area contributed by atoms with Gasteiger partial charge in [0.2, 0.25) is 0 Å². The molecule has 0 amide bonds. The Morgan fingerprint density at radius 2 is 1.80 bits per heavy atom. The van der Waals surface area contributed by atoms with E-state index >= 15 is 0 Å². The van der Waals surface area contributed by atoms with Gasteiger partial charge in [-0.05, 0) is 29.3 Å². The van der Waals surface area contributed by atoms with Gasteiger partial charge in [-0.25, -0.2) is 0 Å². The van der Waals surface area contributed by atoms with Crippen LogP contribution in [0.3, 0.4) is 0 Å². The van der Waals surface area contributed by atoms with Crippen LogP contribution in [0.2, 0.25) is 0 Å². The summed E-state index contributed by atoms with van der Waals surface area (Å²) in [4.78, 5) is 4.05. The van der Waals surface area contributed by atoms with Crippen LogP contribution < -0.4 is 0 Å². The highest BCUT2D eigenvalue weighted by Crippen LogP contribution is 2.13. The molecule has 0 aliphatic carbocycles. The molecule has 1 aromatic carbocycles. The van der Waals surface area contributed by atoms with Gasteiger partial charge in [0.25, 0.3) is 0 Å². The Labute approximate surface area is 97.6 Å². The molecular weight excluding hydrogens is 250 g/mol. The molecule has 0 bridgehead atoms. The van der Waals surface area contributed by atoms with Crippen molar-refractivity contribution in [2.45, 2.75) is 0 Å². The Bertz CT molecular complexity index is 463. The maximum absolute atomic E-state index is 4.05. The lowest BCUT2D eigenvalue weighted by Crippen LogP contribution is -1.74. The Hall–Kier alpha value is -1.41. The maximum atomic E-state index is 4.05. The van der Waals surface area contributed by atoms with Gasteiger partial charge < -0.3 is 0 Å². The van der Waals surface area contributed by atoms with Crippen LogP contribution in [0.15, 0.2) is 53.3 Å². The maximum Gasteiger partial charge on any atom is 0.0340 e. The van der Waals surface area contributed by atoms with E-state index < -0.39 is 0 Å². The molecule has 0 saturated heterocycles. The molecule has 2 heteroatoms. The van der Waals surface area contributed by atoms with E-state index in [0.717, 1.165) is 10.0 Å². The summed E-state index contributed by atoms with van der Waals surface area (Å²) in [6, 6.07) is 12.1. The molecule has 0 radical (unpaired) electrons. The van der Waals surface area contributed by atoms with Crippen LogP contribution in [0.5, 0.6) is 0 Å². The van der Waals surface area contributed by atoms with E-state index in [1.165, 1.54) is 5.56 Å². The second kappa shape index (κ2) is 4.89. The fourth-order valence-corrected chi connectivity index (χ4v) is 1.69. The fraction of sp³-hybridized carbons (Fsp3) is 0. The van der Waals surface area contributed by atoms with E-state index in [1.54, 1.807) is 6.20 Å². The number of halogens is 1. The first-order valence-electron chi connectivity index (χ1n) is 4.68. The molecule has 0 aliphatic heterocycles. The summed E-state index contributed by atoms with van der Waals surface area (Å²) in [7, 11) is 0. The molecule has 0 saturated carbocycles. The summed E-state index contributed by atoms with van der Waals surface area (Å²) in [6.45, 7) is 0. The summed E-state index contributed by atoms with van der Waals surface area (Å²) in [5.41, 5.74) is 2.28. The third kappa shape index (κ3) is 3.03. The first-order chi connectivity index (χ1) is 7.34. The molecule has 15 heavy (non-hydrogen) atoms. The van der Waals surface area contributed by atoms with E-state index in [1.807, 2.05) is 30.5 Å². The van der Waals surface area contributed by atoms with E-state index in [-0.39, 0.29) is 0 Å². The zero-order chi connectivity index (χ0) is 10.5. The summed E-state index contributed by atoms with van der Waals surface area (Å²) in [5, 5.41) is 0. The van der Waals surface area contributed by atoms with Gasteiger partial charge in [-0.2, -0.15) is 0 Å². The van der Waals surface area contributed by atoms with Gasteiger partial charge in [0.15, 0.2) is 0 Å². The quantitative estimate of drug-likeness (QED) is 0.794. The predicted octanol–water partition coefficient (Wildman–Crippen LogP) is 4.01. The van der Waals surface area contributed by atoms with E-state index in [9.17, 15) is 0 Å². The molecule has 74 valence electrons. The minimum absolute atomic E-state index is 1.09. The molecule has 1 nitrogen and oxygen atoms in total. The molecule has 0 unspecified atom stereocenters. The monoisotopic (exact) mass is 259 g/mol. The van der Waals surface area contributed by atoms with Crippen LogP contribution in [0.4, 0.5) is 0 Å². The van der Waals surface area contributed by atoms with Crippen molar-refractivity contribution in [2.75, 3.05) is 0 Å². The first-order valence-corrected chi connectivity index (χ1v) is 5.47. The highest BCUT2D eigenvalue weighted by molar-refractivity contribution is 9.10. The van der Waals surface area contributed by atoms with Gasteiger partial charge in [-0.3, -0.25) is 4.98 Å². The second-order valence-corrected chi connectivity index (χ2v) is 4.09. The highest BCUT2D eigenvalue weighted by Gasteiger charge is 1.89. The summed E-state index contributed by atoms with van der Waals surface area (Å²) < 4.78 is 1.09. The fourth-order valence-electron chi connectivity index (χ4n) is 1.28. The molecule has 1 heterocycles. The van der Waals surface area contributed by atoms with Crippen molar-refractivity contribution in [1.82, 2.24) is 4.98 Å². The van der Waals surface area contributed by atoms with Crippen LogP contribution in [-0.4, -0.2) is 4.98 Å². The number of nitrogens with zero attached hydrogens (tertiary/aromatic N) is 1. The number of pyridine rings is 1. The van der Waals surface area contributed by atoms with Crippen molar-refractivity contribution in [3.8, 4) is 0 Å². The molecule has 0 N–H and O–H groups in total. The molecule has 0 fully saturated rings. The number of aromatic nitrogens is 1. The van der Waals surface area contributed by atoms with Crippen molar-refractivity contribution in [1.29, 1.82) is 0 Å². The van der Waals surface area contributed by atoms with Gasteiger partial charge in [-0.1, -0.05) is 46.3 Å². The Morgan fingerprint density at radius 1 is 1.00 bits per heavy atom. The highest BCUT2D eigenvalue weighted by atomic mass is 79.9. The molecule has 2 aromatic rings. The van der Waals surface area contributed by atoms with Crippen LogP contribution in [-0.2, 0) is 0 Å². The molecule has 0 spiro atoms. The normalized spacial score (nSPS) is 10.7. The molecular formula is C13H10BrN. The largest absolute Gasteiger partial charge is 0.264 e. The Kier molecular flexibility index (Phi) is 3.30. The van der Waals surface area contributed by atoms with Gasteiger partial charge in [0.05, 0.1) is 0 Å². The Morgan fingerprint density at radius 3 is 2.53 bits per heavy atom. The van der Waals surface area contributed by atoms with Gasteiger partial charge in [0, 0.05) is 16.9 Å². The number of hydrogen-bond donors (Lipinski definition) is 0. The van der Waals surface area contributed by atoms with E-state index in [2.05, 4.69) is 45.2 Å². The molecule has 0 aliphatic rings. The third-order valence-corrected chi connectivity index (χ3v) is 2.49. The van der Waals surface area contributed by atoms with Crippen LogP contribution in [0, 0.1) is 0 Å². The minimum Gasteiger partial charge on any atom is -0.264 e. The van der Waals surface area contributed by atoms with Crippen molar-refractivity contribution < 1.29 is 0 Å². The van der Waals surface area contributed by atoms with Crippen LogP contribution in [0.1, 0.15) is 11.1 Å². The van der Waals surface area contributed by atoms with Gasteiger partial charge in [0.1, 0.15) is 0 Å². The van der Waals surface area contributed by atoms with Crippen molar-refractivity contribution >= 4 is 28.1 Å². The van der Waals surface area contributed by atoms with Gasteiger partial charge >= 0.3 is 0 Å². The van der Waals surface area contributed by atoms with Crippen LogP contribution in [0.25, 0.3) is 12.2 Å². The lowest BCUT2D eigenvalue weighted by molar-refractivity contribution is 1.32. The summed E-state index contributed by atoms with van der Waals surface area (Å²) >= 11 is 3.44. The topological polar surface area (TPSA) is 12.9 Å². The molecule has 2 rings (SSSR count). The minimum atomic E-state index is 1.09. The summed E-state index contributed by atoms with van der Waals surface area (Å²) in [6.07, 6.45) is 7.74. The van der Waals surface area contributed by atoms with Crippen molar-refractivity contribution in [2.24, 2.45) is 0 Å². The smallest absolute Gasteiger partial charge is 0.0340 e. The molecule has 1 aromatic heterocycles. The predicted molar refractivity (Wildman–Crippen MR) is 67.3 cm³/mol. The lowest BCUT2D eigenvalue weighted by atomic mass is 10.2. The number of rotatable bonds is 2. The van der Waals surface area contributed by atoms with E-state index in [4.69, 9.17) is 0 Å². The second-order valence-electron chi connectivity index (χ2n) is 3.17. The van der Waals surface area contributed by atoms with E-state index in [0.29, 0.717) is 0 Å². The standard InChI is InChI=1S/C13H10BrN/c14-13-5-1-3-11(9-13)6-7-12-4-2-8-15-10-12/h1-10H/b7-6+. The first kappa shape index (κ1) is 10.1. The number of hydrogen-bond acceptors (Lipinski definition) is 1. The lowest BCUT2D eigenvalue weighted by Gasteiger charge is -1.94. The average Bonchev–Trinajstić information content (AvgIpc) is 2.28. The Balaban J connectivity index is 2.19. The number of benzene rings is 1. The van der Waals surface area contributed by atoms with Crippen LogP contribution >= 0.6 is 15.9 Å².